The van der Waals surface area contributed by atoms with Crippen molar-refractivity contribution in [2.45, 2.75) is 37.6 Å². The number of carbonyl (C=O) groups is 1. The average molecular weight is 367 g/mol. The van der Waals surface area contributed by atoms with E-state index in [4.69, 9.17) is 37.4 Å². The summed E-state index contributed by atoms with van der Waals surface area (Å²) >= 11 is 11.8. The van der Waals surface area contributed by atoms with Gasteiger partial charge < -0.3 is 29.5 Å². The Morgan fingerprint density at radius 1 is 1.22 bits per heavy atom. The quantitative estimate of drug-likeness (QED) is 0.675. The lowest BCUT2D eigenvalue weighted by molar-refractivity contribution is -0.278. The van der Waals surface area contributed by atoms with Crippen molar-refractivity contribution in [3.63, 3.8) is 0 Å². The lowest BCUT2D eigenvalue weighted by atomic mass is 9.99. The fraction of sp³-hybridized carbons (Fsp3) is 0.500. The number of hydrogen-bond donors (Lipinski definition) is 3. The van der Waals surface area contributed by atoms with Gasteiger partial charge in [-0.15, -0.1) is 0 Å². The fourth-order valence-electron chi connectivity index (χ4n) is 2.05. The van der Waals surface area contributed by atoms with Gasteiger partial charge in [-0.25, -0.2) is 0 Å². The molecule has 1 saturated heterocycles. The highest BCUT2D eigenvalue weighted by Crippen LogP contribution is 2.31. The van der Waals surface area contributed by atoms with Crippen LogP contribution >= 0.6 is 23.2 Å². The van der Waals surface area contributed by atoms with E-state index in [2.05, 4.69) is 0 Å². The zero-order valence-electron chi connectivity index (χ0n) is 12.1. The Morgan fingerprint density at radius 2 is 1.91 bits per heavy atom. The Bertz CT molecular complexity index is 568. The van der Waals surface area contributed by atoms with E-state index in [0.717, 1.165) is 0 Å². The maximum absolute atomic E-state index is 10.9. The topological polar surface area (TPSA) is 105 Å². The first kappa shape index (κ1) is 18.3. The van der Waals surface area contributed by atoms with Crippen LogP contribution in [0.2, 0.25) is 10.0 Å². The van der Waals surface area contributed by atoms with Crippen molar-refractivity contribution in [3.8, 4) is 5.75 Å². The lowest BCUT2D eigenvalue weighted by Gasteiger charge is -2.39. The molecule has 9 heteroatoms. The number of hydrogen-bond acceptors (Lipinski definition) is 7. The highest BCUT2D eigenvalue weighted by Gasteiger charge is 2.45. The Morgan fingerprint density at radius 3 is 2.52 bits per heavy atom. The first-order valence-electron chi connectivity index (χ1n) is 6.74. The minimum atomic E-state index is -1.54. The van der Waals surface area contributed by atoms with Crippen LogP contribution in [0.5, 0.6) is 5.75 Å². The molecule has 0 unspecified atom stereocenters. The maximum atomic E-state index is 10.9. The molecule has 0 aromatic heterocycles. The van der Waals surface area contributed by atoms with E-state index >= 15 is 0 Å². The van der Waals surface area contributed by atoms with Gasteiger partial charge in [0.15, 0.2) is 0 Å². The molecule has 0 radical (unpaired) electrons. The van der Waals surface area contributed by atoms with Gasteiger partial charge in [0.25, 0.3) is 0 Å². The fourth-order valence-corrected chi connectivity index (χ4v) is 2.50. The largest absolute Gasteiger partial charge is 0.463 e. The molecule has 5 atom stereocenters. The van der Waals surface area contributed by atoms with Gasteiger partial charge in [-0.05, 0) is 18.2 Å². The summed E-state index contributed by atoms with van der Waals surface area (Å²) in [6.45, 7) is 0.899. The lowest BCUT2D eigenvalue weighted by Crippen LogP contribution is -2.60. The highest BCUT2D eigenvalue weighted by molar-refractivity contribution is 6.35. The summed E-state index contributed by atoms with van der Waals surface area (Å²) in [4.78, 5) is 10.9. The zero-order chi connectivity index (χ0) is 17.1. The summed E-state index contributed by atoms with van der Waals surface area (Å²) in [7, 11) is 0. The van der Waals surface area contributed by atoms with Gasteiger partial charge in [-0.3, -0.25) is 4.79 Å². The molecule has 23 heavy (non-hydrogen) atoms. The van der Waals surface area contributed by atoms with Crippen molar-refractivity contribution in [1.29, 1.82) is 0 Å². The molecule has 0 spiro atoms. The number of halogens is 2. The summed E-state index contributed by atoms with van der Waals surface area (Å²) in [5.41, 5.74) is 0. The van der Waals surface area contributed by atoms with E-state index in [1.807, 2.05) is 0 Å². The first-order valence-corrected chi connectivity index (χ1v) is 7.50. The van der Waals surface area contributed by atoms with E-state index in [1.165, 1.54) is 25.1 Å². The van der Waals surface area contributed by atoms with Gasteiger partial charge in [-0.2, -0.15) is 0 Å². The first-order chi connectivity index (χ1) is 10.8. The molecular formula is C14H16Cl2O7. The summed E-state index contributed by atoms with van der Waals surface area (Å²) in [6.07, 6.45) is -6.88. The van der Waals surface area contributed by atoms with Crippen molar-refractivity contribution >= 4 is 29.2 Å². The predicted octanol–water partition coefficient (Wildman–Crippen LogP) is 0.743. The molecule has 3 N–H and O–H groups in total. The number of ether oxygens (including phenoxy) is 3. The third-order valence-electron chi connectivity index (χ3n) is 3.26. The average Bonchev–Trinajstić information content (AvgIpc) is 2.49. The summed E-state index contributed by atoms with van der Waals surface area (Å²) in [5, 5.41) is 30.3. The molecule has 0 amide bonds. The van der Waals surface area contributed by atoms with Crippen LogP contribution < -0.4 is 4.74 Å². The van der Waals surface area contributed by atoms with Gasteiger partial charge >= 0.3 is 5.97 Å². The smallest absolute Gasteiger partial charge is 0.302 e. The van der Waals surface area contributed by atoms with Crippen molar-refractivity contribution in [3.05, 3.63) is 28.2 Å². The van der Waals surface area contributed by atoms with Crippen molar-refractivity contribution < 1.29 is 34.3 Å². The molecule has 1 aromatic rings. The van der Waals surface area contributed by atoms with E-state index in [1.54, 1.807) is 0 Å². The molecule has 0 saturated carbocycles. The molecule has 1 fully saturated rings. The molecular weight excluding hydrogens is 351 g/mol. The second kappa shape index (κ2) is 7.65. The Hall–Kier alpha value is -1.09. The number of esters is 1. The normalized spacial score (nSPS) is 30.8. The van der Waals surface area contributed by atoms with Crippen LogP contribution in [-0.2, 0) is 14.3 Å². The monoisotopic (exact) mass is 366 g/mol. The number of rotatable bonds is 4. The van der Waals surface area contributed by atoms with Gasteiger partial charge in [0, 0.05) is 11.9 Å². The molecule has 0 aliphatic carbocycles. The molecule has 2 rings (SSSR count). The molecule has 1 aromatic carbocycles. The Balaban J connectivity index is 2.11. The van der Waals surface area contributed by atoms with Crippen LogP contribution in [0, 0.1) is 0 Å². The summed E-state index contributed by atoms with van der Waals surface area (Å²) in [6, 6.07) is 4.44. The predicted molar refractivity (Wildman–Crippen MR) is 80.4 cm³/mol. The second-order valence-electron chi connectivity index (χ2n) is 5.01. The third kappa shape index (κ3) is 4.47. The Kier molecular flexibility index (Phi) is 6.07. The third-order valence-corrected chi connectivity index (χ3v) is 3.79. The van der Waals surface area contributed by atoms with Crippen LogP contribution in [0.25, 0.3) is 0 Å². The molecule has 1 aliphatic heterocycles. The van der Waals surface area contributed by atoms with Gasteiger partial charge in [0.1, 0.15) is 36.8 Å². The molecule has 7 nitrogen and oxygen atoms in total. The number of carbonyl (C=O) groups excluding carboxylic acids is 1. The van der Waals surface area contributed by atoms with Crippen LogP contribution in [-0.4, -0.2) is 58.6 Å². The number of benzene rings is 1. The van der Waals surface area contributed by atoms with Crippen molar-refractivity contribution in [2.24, 2.45) is 0 Å². The molecule has 1 heterocycles. The minimum Gasteiger partial charge on any atom is -0.463 e. The van der Waals surface area contributed by atoms with Crippen molar-refractivity contribution in [1.82, 2.24) is 0 Å². The summed E-state index contributed by atoms with van der Waals surface area (Å²) in [5.74, 6) is -0.394. The standard InChI is InChI=1S/C14H16Cl2O7/c1-6(17)21-5-10-11(18)12(19)13(20)14(23-10)22-9-3-2-7(15)4-8(9)16/h2-4,10-14,18-20H,5H2,1H3/t10-,11-,12+,13-,14-/m1/s1. The van der Waals surface area contributed by atoms with Crippen LogP contribution in [0.15, 0.2) is 18.2 Å². The molecule has 128 valence electrons. The number of aliphatic hydroxyl groups excluding tert-OH is 3. The maximum Gasteiger partial charge on any atom is 0.302 e. The van der Waals surface area contributed by atoms with E-state index < -0.39 is 36.7 Å². The zero-order valence-corrected chi connectivity index (χ0v) is 13.6. The van der Waals surface area contributed by atoms with Gasteiger partial charge in [-0.1, -0.05) is 23.2 Å². The van der Waals surface area contributed by atoms with Crippen molar-refractivity contribution in [2.75, 3.05) is 6.61 Å². The van der Waals surface area contributed by atoms with E-state index in [0.29, 0.717) is 5.02 Å². The highest BCUT2D eigenvalue weighted by atomic mass is 35.5. The van der Waals surface area contributed by atoms with E-state index in [9.17, 15) is 20.1 Å². The second-order valence-corrected chi connectivity index (χ2v) is 5.85. The molecule has 0 bridgehead atoms. The minimum absolute atomic E-state index is 0.176. The SMILES string of the molecule is CC(=O)OC[C@H]1O[C@@H](Oc2ccc(Cl)cc2Cl)[C@H](O)[C@@H](O)[C@@H]1O. The van der Waals surface area contributed by atoms with Gasteiger partial charge in [0.2, 0.25) is 6.29 Å². The Labute approximate surface area is 142 Å². The summed E-state index contributed by atoms with van der Waals surface area (Å²) < 4.78 is 15.6. The van der Waals surface area contributed by atoms with E-state index in [-0.39, 0.29) is 17.4 Å². The van der Waals surface area contributed by atoms with Gasteiger partial charge in [0.05, 0.1) is 5.02 Å². The number of aliphatic hydroxyl groups is 3. The van der Waals surface area contributed by atoms with Crippen LogP contribution in [0.3, 0.4) is 0 Å². The molecule has 1 aliphatic rings. The van der Waals surface area contributed by atoms with Crippen LogP contribution in [0.4, 0.5) is 0 Å². The van der Waals surface area contributed by atoms with Crippen LogP contribution in [0.1, 0.15) is 6.92 Å².